The van der Waals surface area contributed by atoms with Crippen LogP contribution in [0.4, 0.5) is 4.79 Å². The lowest BCUT2D eigenvalue weighted by molar-refractivity contribution is 0.249. The number of carbonyl (C=O) groups is 1. The van der Waals surface area contributed by atoms with Crippen LogP contribution in [0, 0.1) is 11.3 Å². The summed E-state index contributed by atoms with van der Waals surface area (Å²) in [7, 11) is 0. The summed E-state index contributed by atoms with van der Waals surface area (Å²) < 4.78 is 6.46. The minimum Gasteiger partial charge on any atom is -0.488 e. The Labute approximate surface area is 141 Å². The number of benzene rings is 2. The Bertz CT molecular complexity index is 784. The van der Waals surface area contributed by atoms with Gasteiger partial charge in [-0.1, -0.05) is 18.2 Å². The van der Waals surface area contributed by atoms with Crippen molar-refractivity contribution in [1.29, 1.82) is 5.26 Å². The van der Waals surface area contributed by atoms with Crippen LogP contribution in [0.3, 0.4) is 0 Å². The second-order valence-electron chi connectivity index (χ2n) is 4.48. The van der Waals surface area contributed by atoms with Gasteiger partial charge in [0.25, 0.3) is 0 Å². The maximum absolute atomic E-state index is 10.5. The van der Waals surface area contributed by atoms with E-state index in [9.17, 15) is 4.79 Å². The number of amides is 2. The molecular weight excluding hydrogens is 360 g/mol. The van der Waals surface area contributed by atoms with E-state index in [1.807, 2.05) is 18.2 Å². The Morgan fingerprint density at radius 3 is 2.87 bits per heavy atom. The molecule has 0 aliphatic heterocycles. The summed E-state index contributed by atoms with van der Waals surface area (Å²) >= 11 is 3.41. The van der Waals surface area contributed by atoms with E-state index in [0.29, 0.717) is 17.9 Å². The highest BCUT2D eigenvalue weighted by Crippen LogP contribution is 2.26. The zero-order valence-corrected chi connectivity index (χ0v) is 13.6. The van der Waals surface area contributed by atoms with E-state index in [1.165, 1.54) is 6.21 Å². The quantitative estimate of drug-likeness (QED) is 0.623. The van der Waals surface area contributed by atoms with Gasteiger partial charge in [-0.15, -0.1) is 0 Å². The summed E-state index contributed by atoms with van der Waals surface area (Å²) in [4.78, 5) is 10.5. The van der Waals surface area contributed by atoms with Gasteiger partial charge in [0.1, 0.15) is 12.4 Å². The third-order valence-electron chi connectivity index (χ3n) is 2.87. The van der Waals surface area contributed by atoms with Gasteiger partial charge in [0.15, 0.2) is 0 Å². The number of nitriles is 1. The maximum Gasteiger partial charge on any atom is 0.332 e. The first-order valence-corrected chi connectivity index (χ1v) is 7.38. The fourth-order valence-electron chi connectivity index (χ4n) is 1.80. The molecule has 2 rings (SSSR count). The van der Waals surface area contributed by atoms with E-state index in [-0.39, 0.29) is 0 Å². The fraction of sp³-hybridized carbons (Fsp3) is 0.0625. The van der Waals surface area contributed by atoms with Gasteiger partial charge in [-0.2, -0.15) is 10.4 Å². The van der Waals surface area contributed by atoms with E-state index >= 15 is 0 Å². The standard InChI is InChI=1S/C16H13BrN4O2/c17-14-7-11(9-20-21-16(19)22)5-6-15(14)23-10-13-4-2-1-3-12(13)8-18/h1-7,9H,10H2,(H3,19,21,22). The fourth-order valence-corrected chi connectivity index (χ4v) is 2.31. The minimum absolute atomic E-state index is 0.291. The lowest BCUT2D eigenvalue weighted by atomic mass is 10.1. The first-order chi connectivity index (χ1) is 11.1. The van der Waals surface area contributed by atoms with E-state index in [2.05, 4.69) is 32.5 Å². The van der Waals surface area contributed by atoms with E-state index < -0.39 is 6.03 Å². The first-order valence-electron chi connectivity index (χ1n) is 6.59. The zero-order chi connectivity index (χ0) is 16.7. The second kappa shape index (κ2) is 7.96. The Kier molecular flexibility index (Phi) is 5.72. The van der Waals surface area contributed by atoms with Gasteiger partial charge in [-0.3, -0.25) is 0 Å². The summed E-state index contributed by atoms with van der Waals surface area (Å²) in [6, 6.07) is 14.0. The summed E-state index contributed by atoms with van der Waals surface area (Å²) in [5.41, 5.74) is 9.20. The van der Waals surface area contributed by atoms with Crippen molar-refractivity contribution < 1.29 is 9.53 Å². The summed E-state index contributed by atoms with van der Waals surface area (Å²) in [6.07, 6.45) is 1.46. The smallest absolute Gasteiger partial charge is 0.332 e. The molecule has 0 radical (unpaired) electrons. The molecule has 23 heavy (non-hydrogen) atoms. The summed E-state index contributed by atoms with van der Waals surface area (Å²) in [5.74, 6) is 0.637. The van der Waals surface area contributed by atoms with Gasteiger partial charge in [0.2, 0.25) is 0 Å². The van der Waals surface area contributed by atoms with Crippen LogP contribution in [0.15, 0.2) is 52.0 Å². The number of hydrogen-bond acceptors (Lipinski definition) is 4. The minimum atomic E-state index is -0.726. The van der Waals surface area contributed by atoms with Crippen molar-refractivity contribution in [1.82, 2.24) is 5.43 Å². The maximum atomic E-state index is 10.5. The largest absolute Gasteiger partial charge is 0.488 e. The van der Waals surface area contributed by atoms with E-state index in [1.54, 1.807) is 24.3 Å². The van der Waals surface area contributed by atoms with Crippen LogP contribution in [0.1, 0.15) is 16.7 Å². The molecule has 0 heterocycles. The lowest BCUT2D eigenvalue weighted by Crippen LogP contribution is -2.24. The topological polar surface area (TPSA) is 100 Å². The number of hydrogen-bond donors (Lipinski definition) is 2. The lowest BCUT2D eigenvalue weighted by Gasteiger charge is -2.09. The normalized spacial score (nSPS) is 10.3. The predicted molar refractivity (Wildman–Crippen MR) is 89.9 cm³/mol. The number of urea groups is 1. The van der Waals surface area contributed by atoms with Crippen molar-refractivity contribution in [3.05, 3.63) is 63.6 Å². The molecule has 0 bridgehead atoms. The average Bonchev–Trinajstić information content (AvgIpc) is 2.54. The number of hydrazone groups is 1. The molecule has 0 spiro atoms. The van der Waals surface area contributed by atoms with Crippen LogP contribution in [-0.2, 0) is 6.61 Å². The number of nitrogens with one attached hydrogen (secondary N) is 1. The van der Waals surface area contributed by atoms with E-state index in [4.69, 9.17) is 15.7 Å². The molecule has 0 aromatic heterocycles. The van der Waals surface area contributed by atoms with Crippen LogP contribution in [-0.4, -0.2) is 12.2 Å². The van der Waals surface area contributed by atoms with Crippen LogP contribution in [0.2, 0.25) is 0 Å². The van der Waals surface area contributed by atoms with Gasteiger partial charge in [-0.25, -0.2) is 10.2 Å². The monoisotopic (exact) mass is 372 g/mol. The number of rotatable bonds is 5. The first kappa shape index (κ1) is 16.5. The highest BCUT2D eigenvalue weighted by atomic mass is 79.9. The number of carbonyl (C=O) groups excluding carboxylic acids is 1. The molecule has 3 N–H and O–H groups in total. The summed E-state index contributed by atoms with van der Waals surface area (Å²) in [5, 5.41) is 12.7. The van der Waals surface area contributed by atoms with Crippen molar-refractivity contribution in [2.24, 2.45) is 10.8 Å². The van der Waals surface area contributed by atoms with Gasteiger partial charge in [0.05, 0.1) is 22.3 Å². The van der Waals surface area contributed by atoms with Crippen LogP contribution >= 0.6 is 15.9 Å². The number of ether oxygens (including phenoxy) is 1. The van der Waals surface area contributed by atoms with Gasteiger partial charge >= 0.3 is 6.03 Å². The number of halogens is 1. The SMILES string of the molecule is N#Cc1ccccc1COc1ccc(C=NNC(N)=O)cc1Br. The molecule has 0 unspecified atom stereocenters. The molecule has 0 aliphatic rings. The molecule has 0 aliphatic carbocycles. The molecule has 2 amide bonds. The average molecular weight is 373 g/mol. The molecule has 0 saturated carbocycles. The van der Waals surface area contributed by atoms with Crippen LogP contribution in [0.5, 0.6) is 5.75 Å². The van der Waals surface area contributed by atoms with Crippen molar-refractivity contribution in [2.45, 2.75) is 6.61 Å². The molecule has 7 heteroatoms. The molecule has 0 atom stereocenters. The van der Waals surface area contributed by atoms with Crippen LogP contribution < -0.4 is 15.9 Å². The van der Waals surface area contributed by atoms with Crippen molar-refractivity contribution in [2.75, 3.05) is 0 Å². The van der Waals surface area contributed by atoms with Gasteiger partial charge < -0.3 is 10.5 Å². The zero-order valence-electron chi connectivity index (χ0n) is 12.0. The Morgan fingerprint density at radius 2 is 2.17 bits per heavy atom. The molecular formula is C16H13BrN4O2. The summed E-state index contributed by atoms with van der Waals surface area (Å²) in [6.45, 7) is 0.291. The number of primary amides is 1. The molecule has 0 fully saturated rings. The predicted octanol–water partition coefficient (Wildman–Crippen LogP) is 2.90. The Morgan fingerprint density at radius 1 is 1.39 bits per heavy atom. The highest BCUT2D eigenvalue weighted by molar-refractivity contribution is 9.10. The van der Waals surface area contributed by atoms with Gasteiger partial charge in [0, 0.05) is 5.56 Å². The number of nitrogens with zero attached hydrogens (tertiary/aromatic N) is 2. The molecule has 0 saturated heterocycles. The molecule has 116 valence electrons. The van der Waals surface area contributed by atoms with Gasteiger partial charge in [-0.05, 0) is 45.8 Å². The second-order valence-corrected chi connectivity index (χ2v) is 5.34. The van der Waals surface area contributed by atoms with Crippen LogP contribution in [0.25, 0.3) is 0 Å². The Hall–Kier alpha value is -2.85. The van der Waals surface area contributed by atoms with Crippen molar-refractivity contribution >= 4 is 28.2 Å². The van der Waals surface area contributed by atoms with Crippen molar-refractivity contribution in [3.8, 4) is 11.8 Å². The molecule has 2 aromatic rings. The third kappa shape index (κ3) is 4.83. The highest BCUT2D eigenvalue weighted by Gasteiger charge is 2.05. The molecule has 2 aromatic carbocycles. The molecule has 6 nitrogen and oxygen atoms in total. The van der Waals surface area contributed by atoms with Crippen molar-refractivity contribution in [3.63, 3.8) is 0 Å². The van der Waals surface area contributed by atoms with E-state index in [0.717, 1.165) is 15.6 Å². The third-order valence-corrected chi connectivity index (χ3v) is 3.48. The Balaban J connectivity index is 2.05. The number of nitrogens with two attached hydrogens (primary N) is 1.